The van der Waals surface area contributed by atoms with Gasteiger partial charge < -0.3 is 11.1 Å². The van der Waals surface area contributed by atoms with Gasteiger partial charge in [-0.1, -0.05) is 19.1 Å². The fourth-order valence-electron chi connectivity index (χ4n) is 1.63. The minimum absolute atomic E-state index is 0.0705. The van der Waals surface area contributed by atoms with Crippen LogP contribution in [0.1, 0.15) is 29.3 Å². The van der Waals surface area contributed by atoms with Crippen LogP contribution in [-0.4, -0.2) is 24.5 Å². The fraction of sp³-hybridized carbons (Fsp3) is 0.462. The van der Waals surface area contributed by atoms with E-state index < -0.39 is 0 Å². The molecule has 94 valence electrons. The summed E-state index contributed by atoms with van der Waals surface area (Å²) in [5.41, 5.74) is 8.19. The summed E-state index contributed by atoms with van der Waals surface area (Å²) in [6, 6.07) is 5.62. The molecule has 0 aliphatic rings. The Morgan fingerprint density at radius 1 is 1.47 bits per heavy atom. The number of aryl methyl sites for hydroxylation is 1. The molecule has 3 nitrogen and oxygen atoms in total. The maximum atomic E-state index is 11.9. The van der Waals surface area contributed by atoms with Crippen LogP contribution >= 0.6 is 11.8 Å². The van der Waals surface area contributed by atoms with Crippen LogP contribution in [0.2, 0.25) is 0 Å². The van der Waals surface area contributed by atoms with E-state index in [1.54, 1.807) is 17.8 Å². The second-order valence-corrected chi connectivity index (χ2v) is 4.82. The van der Waals surface area contributed by atoms with E-state index in [4.69, 9.17) is 5.73 Å². The molecule has 17 heavy (non-hydrogen) atoms. The molecule has 0 aliphatic heterocycles. The number of hydrogen-bond donors (Lipinski definition) is 2. The topological polar surface area (TPSA) is 55.1 Å². The molecule has 1 rings (SSSR count). The Balaban J connectivity index is 2.62. The highest BCUT2D eigenvalue weighted by Crippen LogP contribution is 2.17. The number of benzene rings is 1. The first-order valence-electron chi connectivity index (χ1n) is 5.85. The third kappa shape index (κ3) is 3.97. The predicted octanol–water partition coefficient (Wildman–Crippen LogP) is 2.31. The van der Waals surface area contributed by atoms with Crippen molar-refractivity contribution in [3.8, 4) is 0 Å². The first-order chi connectivity index (χ1) is 8.20. The number of hydrogen-bond acceptors (Lipinski definition) is 3. The quantitative estimate of drug-likeness (QED) is 0.603. The molecule has 0 unspecified atom stereocenters. The van der Waals surface area contributed by atoms with Crippen molar-refractivity contribution in [2.24, 2.45) is 0 Å². The van der Waals surface area contributed by atoms with Crippen LogP contribution in [0.3, 0.4) is 0 Å². The van der Waals surface area contributed by atoms with Crippen molar-refractivity contribution in [1.29, 1.82) is 0 Å². The third-order valence-corrected chi connectivity index (χ3v) is 3.33. The lowest BCUT2D eigenvalue weighted by Crippen LogP contribution is -2.26. The molecule has 0 fully saturated rings. The average molecular weight is 252 g/mol. The number of thioether (sulfide) groups is 1. The number of anilines is 1. The van der Waals surface area contributed by atoms with Crippen molar-refractivity contribution >= 4 is 23.4 Å². The zero-order chi connectivity index (χ0) is 12.7. The van der Waals surface area contributed by atoms with Crippen LogP contribution < -0.4 is 11.1 Å². The van der Waals surface area contributed by atoms with Crippen LogP contribution in [0.5, 0.6) is 0 Å². The number of nitrogens with one attached hydrogen (secondary N) is 1. The highest BCUT2D eigenvalue weighted by Gasteiger charge is 2.10. The van der Waals surface area contributed by atoms with Crippen molar-refractivity contribution in [2.45, 2.75) is 19.8 Å². The predicted molar refractivity (Wildman–Crippen MR) is 75.6 cm³/mol. The lowest BCUT2D eigenvalue weighted by atomic mass is 10.0. The highest BCUT2D eigenvalue weighted by atomic mass is 32.2. The number of carbonyl (C=O) groups excluding carboxylic acids is 1. The maximum Gasteiger partial charge on any atom is 0.253 e. The fourth-order valence-corrected chi connectivity index (χ4v) is 2.07. The summed E-state index contributed by atoms with van der Waals surface area (Å²) in [6.07, 6.45) is 3.89. The van der Waals surface area contributed by atoms with Crippen molar-refractivity contribution in [1.82, 2.24) is 5.32 Å². The first-order valence-corrected chi connectivity index (χ1v) is 7.24. The van der Waals surface area contributed by atoms with Crippen LogP contribution in [0.25, 0.3) is 0 Å². The Labute approximate surface area is 107 Å². The smallest absolute Gasteiger partial charge is 0.253 e. The summed E-state index contributed by atoms with van der Waals surface area (Å²) < 4.78 is 0. The van der Waals surface area contributed by atoms with Crippen molar-refractivity contribution in [3.05, 3.63) is 29.3 Å². The number of rotatable bonds is 6. The molecule has 3 N–H and O–H groups in total. The van der Waals surface area contributed by atoms with Gasteiger partial charge in [-0.3, -0.25) is 4.79 Å². The zero-order valence-electron chi connectivity index (χ0n) is 10.5. The Morgan fingerprint density at radius 3 is 2.88 bits per heavy atom. The van der Waals surface area contributed by atoms with Gasteiger partial charge in [0.2, 0.25) is 0 Å². The number of para-hydroxylation sites is 1. The third-order valence-electron chi connectivity index (χ3n) is 2.63. The SMILES string of the molecule is CCc1cccc(C(=O)NCCCSC)c1N. The molecule has 0 bridgehead atoms. The van der Waals surface area contributed by atoms with Gasteiger partial charge in [-0.25, -0.2) is 0 Å². The second kappa shape index (κ2) is 7.22. The summed E-state index contributed by atoms with van der Waals surface area (Å²) in [4.78, 5) is 11.9. The van der Waals surface area contributed by atoms with Gasteiger partial charge >= 0.3 is 0 Å². The number of nitrogen functional groups attached to an aromatic ring is 1. The van der Waals surface area contributed by atoms with Crippen molar-refractivity contribution in [2.75, 3.05) is 24.3 Å². The molecule has 0 heterocycles. The van der Waals surface area contributed by atoms with E-state index in [9.17, 15) is 4.79 Å². The van der Waals surface area contributed by atoms with E-state index in [1.807, 2.05) is 19.1 Å². The van der Waals surface area contributed by atoms with Crippen molar-refractivity contribution in [3.63, 3.8) is 0 Å². The molecule has 0 atom stereocenters. The van der Waals surface area contributed by atoms with Gasteiger partial charge in [0.05, 0.1) is 5.56 Å². The molecule has 4 heteroatoms. The van der Waals surface area contributed by atoms with Gasteiger partial charge in [-0.15, -0.1) is 0 Å². The van der Waals surface area contributed by atoms with Gasteiger partial charge in [0, 0.05) is 12.2 Å². The highest BCUT2D eigenvalue weighted by molar-refractivity contribution is 7.98. The molecular formula is C13H20N2OS. The summed E-state index contributed by atoms with van der Waals surface area (Å²) in [5, 5.41) is 2.89. The second-order valence-electron chi connectivity index (χ2n) is 3.83. The first kappa shape index (κ1) is 13.9. The molecule has 0 aliphatic carbocycles. The van der Waals surface area contributed by atoms with E-state index in [1.165, 1.54) is 0 Å². The van der Waals surface area contributed by atoms with E-state index in [2.05, 4.69) is 11.6 Å². The molecule has 0 saturated heterocycles. The van der Waals surface area contributed by atoms with Gasteiger partial charge in [0.25, 0.3) is 5.91 Å². The summed E-state index contributed by atoms with van der Waals surface area (Å²) in [7, 11) is 0. The van der Waals surface area contributed by atoms with Gasteiger partial charge in [0.1, 0.15) is 0 Å². The van der Waals surface area contributed by atoms with Crippen LogP contribution in [0.15, 0.2) is 18.2 Å². The normalized spacial score (nSPS) is 10.2. The monoisotopic (exact) mass is 252 g/mol. The Morgan fingerprint density at radius 2 is 2.24 bits per heavy atom. The molecule has 0 saturated carbocycles. The minimum atomic E-state index is -0.0705. The van der Waals surface area contributed by atoms with Crippen molar-refractivity contribution < 1.29 is 4.79 Å². The molecule has 0 aromatic heterocycles. The average Bonchev–Trinajstić information content (AvgIpc) is 2.34. The lowest BCUT2D eigenvalue weighted by molar-refractivity contribution is 0.0954. The molecule has 0 radical (unpaired) electrons. The van der Waals surface area contributed by atoms with Crippen LogP contribution in [-0.2, 0) is 6.42 Å². The maximum absolute atomic E-state index is 11.9. The molecular weight excluding hydrogens is 232 g/mol. The Bertz CT molecular complexity index is 380. The molecule has 1 aromatic carbocycles. The van der Waals surface area contributed by atoms with Gasteiger partial charge in [0.15, 0.2) is 0 Å². The number of amides is 1. The zero-order valence-corrected chi connectivity index (χ0v) is 11.3. The minimum Gasteiger partial charge on any atom is -0.398 e. The molecule has 1 amide bonds. The van der Waals surface area contributed by atoms with Crippen LogP contribution in [0, 0.1) is 0 Å². The van der Waals surface area contributed by atoms with Gasteiger partial charge in [-0.2, -0.15) is 11.8 Å². The molecule has 0 spiro atoms. The standard InChI is InChI=1S/C13H20N2OS/c1-3-10-6-4-7-11(12(10)14)13(16)15-8-5-9-17-2/h4,6-7H,3,5,8-9,14H2,1-2H3,(H,15,16). The summed E-state index contributed by atoms with van der Waals surface area (Å²) >= 11 is 1.78. The number of nitrogens with two attached hydrogens (primary N) is 1. The van der Waals surface area contributed by atoms with Crippen LogP contribution in [0.4, 0.5) is 5.69 Å². The Kier molecular flexibility index (Phi) is 5.91. The van der Waals surface area contributed by atoms with Gasteiger partial charge in [-0.05, 0) is 36.5 Å². The van der Waals surface area contributed by atoms with E-state index in [-0.39, 0.29) is 5.91 Å². The van der Waals surface area contributed by atoms with E-state index in [0.29, 0.717) is 17.8 Å². The van der Waals surface area contributed by atoms with E-state index >= 15 is 0 Å². The summed E-state index contributed by atoms with van der Waals surface area (Å²) in [6.45, 7) is 2.74. The number of carbonyl (C=O) groups is 1. The lowest BCUT2D eigenvalue weighted by Gasteiger charge is -2.10. The summed E-state index contributed by atoms with van der Waals surface area (Å²) in [5.74, 6) is 0.990. The van der Waals surface area contributed by atoms with E-state index in [0.717, 1.165) is 24.2 Å². The molecule has 1 aromatic rings. The largest absolute Gasteiger partial charge is 0.398 e. The Hall–Kier alpha value is -1.16.